The van der Waals surface area contributed by atoms with Crippen molar-refractivity contribution in [2.45, 2.75) is 252 Å². The van der Waals surface area contributed by atoms with Crippen molar-refractivity contribution < 1.29 is 28.6 Å². The Morgan fingerprint density at radius 2 is 0.643 bits per heavy atom. The van der Waals surface area contributed by atoms with E-state index in [1.807, 2.05) is 0 Å². The van der Waals surface area contributed by atoms with Crippen LogP contribution in [0.15, 0.2) is 36.5 Å². The van der Waals surface area contributed by atoms with Crippen molar-refractivity contribution in [3.8, 4) is 0 Å². The van der Waals surface area contributed by atoms with E-state index in [9.17, 15) is 14.4 Å². The molecule has 0 aliphatic rings. The van der Waals surface area contributed by atoms with Gasteiger partial charge in [-0.3, -0.25) is 14.4 Å². The highest BCUT2D eigenvalue weighted by Crippen LogP contribution is 2.14. The average molecular weight is 787 g/mol. The molecule has 0 spiro atoms. The van der Waals surface area contributed by atoms with E-state index < -0.39 is 6.10 Å². The standard InChI is InChI=1S/C50H90O6/c1-4-7-10-13-16-18-20-21-22-23-24-25-26-27-28-29-30-32-34-37-40-43-49(52)55-46-47(45-54-48(51)42-39-36-33-15-12-9-6-3)56-50(53)44-41-38-35-31-19-17-14-11-8-5-2/h20-21,23-24,26-27,47H,4-19,22,25,28-46H2,1-3H3/b21-20-,24-23-,27-26-. The fraction of sp³-hybridized carbons (Fsp3) is 0.820. The number of ether oxygens (including phenoxy) is 3. The second kappa shape index (κ2) is 45.3. The van der Waals surface area contributed by atoms with Crippen LogP contribution in [0.25, 0.3) is 0 Å². The molecule has 0 rings (SSSR count). The Morgan fingerprint density at radius 3 is 1.00 bits per heavy atom. The van der Waals surface area contributed by atoms with Crippen molar-refractivity contribution in [3.05, 3.63) is 36.5 Å². The van der Waals surface area contributed by atoms with E-state index in [0.717, 1.165) is 77.0 Å². The summed E-state index contributed by atoms with van der Waals surface area (Å²) < 4.78 is 16.6. The van der Waals surface area contributed by atoms with Crippen molar-refractivity contribution in [1.82, 2.24) is 0 Å². The Balaban J connectivity index is 4.22. The summed E-state index contributed by atoms with van der Waals surface area (Å²) in [7, 11) is 0. The van der Waals surface area contributed by atoms with Crippen LogP contribution in [0.4, 0.5) is 0 Å². The number of carbonyl (C=O) groups is 3. The molecule has 0 saturated heterocycles. The van der Waals surface area contributed by atoms with Gasteiger partial charge in [-0.25, -0.2) is 0 Å². The summed E-state index contributed by atoms with van der Waals surface area (Å²) in [6.45, 7) is 6.56. The molecule has 0 heterocycles. The van der Waals surface area contributed by atoms with E-state index in [2.05, 4.69) is 57.2 Å². The van der Waals surface area contributed by atoms with Crippen LogP contribution in [0.2, 0.25) is 0 Å². The predicted octanol–water partition coefficient (Wildman–Crippen LogP) is 15.4. The molecule has 1 unspecified atom stereocenters. The summed E-state index contributed by atoms with van der Waals surface area (Å²) in [4.78, 5) is 37.6. The van der Waals surface area contributed by atoms with Crippen LogP contribution in [0.1, 0.15) is 245 Å². The second-order valence-corrected chi connectivity index (χ2v) is 16.0. The smallest absolute Gasteiger partial charge is 0.306 e. The molecule has 0 saturated carbocycles. The summed E-state index contributed by atoms with van der Waals surface area (Å²) >= 11 is 0. The molecule has 6 heteroatoms. The number of hydrogen-bond donors (Lipinski definition) is 0. The number of carbonyl (C=O) groups excluding carboxylic acids is 3. The van der Waals surface area contributed by atoms with Gasteiger partial charge in [-0.15, -0.1) is 0 Å². The Bertz CT molecular complexity index is 953. The zero-order valence-electron chi connectivity index (χ0n) is 37.2. The number of hydrogen-bond acceptors (Lipinski definition) is 6. The van der Waals surface area contributed by atoms with Gasteiger partial charge in [0.25, 0.3) is 0 Å². The van der Waals surface area contributed by atoms with Crippen LogP contribution < -0.4 is 0 Å². The monoisotopic (exact) mass is 787 g/mol. The minimum absolute atomic E-state index is 0.0742. The molecule has 6 nitrogen and oxygen atoms in total. The third-order valence-electron chi connectivity index (χ3n) is 10.4. The molecular weight excluding hydrogens is 697 g/mol. The summed E-state index contributed by atoms with van der Waals surface area (Å²) in [5, 5.41) is 0. The lowest BCUT2D eigenvalue weighted by atomic mass is 10.1. The van der Waals surface area contributed by atoms with Gasteiger partial charge in [0.2, 0.25) is 0 Å². The summed E-state index contributed by atoms with van der Waals surface area (Å²) in [6, 6.07) is 0. The molecule has 56 heavy (non-hydrogen) atoms. The molecule has 0 aliphatic heterocycles. The first-order chi connectivity index (χ1) is 27.5. The van der Waals surface area contributed by atoms with Gasteiger partial charge >= 0.3 is 17.9 Å². The quantitative estimate of drug-likeness (QED) is 0.0265. The molecule has 0 amide bonds. The highest BCUT2D eigenvalue weighted by molar-refractivity contribution is 5.71. The lowest BCUT2D eigenvalue weighted by Crippen LogP contribution is -2.30. The maximum Gasteiger partial charge on any atom is 0.306 e. The molecular formula is C50H90O6. The van der Waals surface area contributed by atoms with Crippen molar-refractivity contribution in [1.29, 1.82) is 0 Å². The van der Waals surface area contributed by atoms with Gasteiger partial charge in [-0.1, -0.05) is 205 Å². The van der Waals surface area contributed by atoms with Gasteiger partial charge in [0.15, 0.2) is 6.10 Å². The lowest BCUT2D eigenvalue weighted by Gasteiger charge is -2.18. The fourth-order valence-electron chi connectivity index (χ4n) is 6.74. The van der Waals surface area contributed by atoms with Gasteiger partial charge in [-0.2, -0.15) is 0 Å². The largest absolute Gasteiger partial charge is 0.462 e. The normalized spacial score (nSPS) is 12.3. The molecule has 0 aromatic rings. The van der Waals surface area contributed by atoms with E-state index in [-0.39, 0.29) is 31.1 Å². The van der Waals surface area contributed by atoms with Crippen LogP contribution in [-0.4, -0.2) is 37.2 Å². The highest BCUT2D eigenvalue weighted by Gasteiger charge is 2.19. The fourth-order valence-corrected chi connectivity index (χ4v) is 6.74. The van der Waals surface area contributed by atoms with Crippen LogP contribution in [-0.2, 0) is 28.6 Å². The van der Waals surface area contributed by atoms with Gasteiger partial charge in [-0.05, 0) is 57.8 Å². The molecule has 0 bridgehead atoms. The third kappa shape index (κ3) is 42.8. The second-order valence-electron chi connectivity index (χ2n) is 16.0. The SMILES string of the molecule is CCCCCCC/C=C\C/C=C\C/C=C\CCCCCCCCC(=O)OCC(COC(=O)CCCCCCCCC)OC(=O)CCCCCCCCCCCC. The van der Waals surface area contributed by atoms with Gasteiger partial charge < -0.3 is 14.2 Å². The summed E-state index contributed by atoms with van der Waals surface area (Å²) in [5.41, 5.74) is 0. The van der Waals surface area contributed by atoms with Crippen LogP contribution in [0.3, 0.4) is 0 Å². The lowest BCUT2D eigenvalue weighted by molar-refractivity contribution is -0.167. The number of unbranched alkanes of at least 4 members (excludes halogenated alkanes) is 26. The summed E-state index contributed by atoms with van der Waals surface area (Å²) in [6.07, 6.45) is 51.4. The van der Waals surface area contributed by atoms with Crippen LogP contribution in [0.5, 0.6) is 0 Å². The number of allylic oxidation sites excluding steroid dienone is 6. The highest BCUT2D eigenvalue weighted by atomic mass is 16.6. The minimum atomic E-state index is -0.769. The maximum absolute atomic E-state index is 12.7. The Labute approximate surface area is 346 Å². The summed E-state index contributed by atoms with van der Waals surface area (Å²) in [5.74, 6) is -0.891. The first kappa shape index (κ1) is 53.6. The molecule has 0 aliphatic carbocycles. The van der Waals surface area contributed by atoms with Gasteiger partial charge in [0.1, 0.15) is 13.2 Å². The van der Waals surface area contributed by atoms with Crippen LogP contribution >= 0.6 is 0 Å². The van der Waals surface area contributed by atoms with E-state index in [4.69, 9.17) is 14.2 Å². The molecule has 0 fully saturated rings. The van der Waals surface area contributed by atoms with Crippen molar-refractivity contribution in [2.75, 3.05) is 13.2 Å². The zero-order chi connectivity index (χ0) is 40.8. The molecule has 0 aromatic heterocycles. The first-order valence-electron chi connectivity index (χ1n) is 24.0. The zero-order valence-corrected chi connectivity index (χ0v) is 37.2. The Kier molecular flexibility index (Phi) is 43.4. The molecule has 326 valence electrons. The van der Waals surface area contributed by atoms with E-state index in [1.54, 1.807) is 0 Å². The minimum Gasteiger partial charge on any atom is -0.462 e. The van der Waals surface area contributed by atoms with E-state index in [0.29, 0.717) is 19.3 Å². The number of rotatable bonds is 43. The Hall–Kier alpha value is -2.37. The predicted molar refractivity (Wildman–Crippen MR) is 238 cm³/mol. The molecule has 0 aromatic carbocycles. The first-order valence-corrected chi connectivity index (χ1v) is 24.0. The topological polar surface area (TPSA) is 78.9 Å². The van der Waals surface area contributed by atoms with E-state index in [1.165, 1.54) is 128 Å². The Morgan fingerprint density at radius 1 is 0.357 bits per heavy atom. The molecule has 0 radical (unpaired) electrons. The van der Waals surface area contributed by atoms with Crippen molar-refractivity contribution >= 4 is 17.9 Å². The number of esters is 3. The van der Waals surface area contributed by atoms with Gasteiger partial charge in [0.05, 0.1) is 0 Å². The van der Waals surface area contributed by atoms with Crippen LogP contribution in [0, 0.1) is 0 Å². The average Bonchev–Trinajstić information content (AvgIpc) is 3.19. The van der Waals surface area contributed by atoms with Crippen molar-refractivity contribution in [3.63, 3.8) is 0 Å². The van der Waals surface area contributed by atoms with Gasteiger partial charge in [0, 0.05) is 19.3 Å². The third-order valence-corrected chi connectivity index (χ3v) is 10.4. The van der Waals surface area contributed by atoms with E-state index >= 15 is 0 Å². The molecule has 1 atom stereocenters. The van der Waals surface area contributed by atoms with Crippen molar-refractivity contribution in [2.24, 2.45) is 0 Å². The molecule has 0 N–H and O–H groups in total. The maximum atomic E-state index is 12.7.